The van der Waals surface area contributed by atoms with E-state index in [2.05, 4.69) is 5.32 Å². The number of primary amides is 1. The Morgan fingerprint density at radius 2 is 2.21 bits per heavy atom. The number of nitrogens with two attached hydrogens (primary N) is 1. The molecule has 1 fully saturated rings. The summed E-state index contributed by atoms with van der Waals surface area (Å²) in [6.45, 7) is 2.35. The summed E-state index contributed by atoms with van der Waals surface area (Å²) in [6.07, 6.45) is 2.69. The first-order valence-corrected chi connectivity index (χ1v) is 9.06. The Balaban J connectivity index is 1.88. The van der Waals surface area contributed by atoms with E-state index in [0.29, 0.717) is 12.2 Å². The number of carbonyl (C=O) groups excluding carboxylic acids is 2. The molecule has 0 radical (unpaired) electrons. The zero-order valence-corrected chi connectivity index (χ0v) is 14.5. The molecule has 0 aromatic heterocycles. The van der Waals surface area contributed by atoms with Crippen LogP contribution in [0.1, 0.15) is 23.7 Å². The van der Waals surface area contributed by atoms with Gasteiger partial charge in [-0.25, -0.2) is 0 Å². The van der Waals surface area contributed by atoms with Crippen LogP contribution in [0.5, 0.6) is 5.75 Å². The average molecular weight is 344 g/mol. The zero-order chi connectivity index (χ0) is 17.3. The molecule has 2 amide bonds. The molecule has 1 heterocycles. The highest BCUT2D eigenvalue weighted by Crippen LogP contribution is 2.32. The molecule has 6 heteroatoms. The van der Waals surface area contributed by atoms with Gasteiger partial charge in [-0.2, -0.15) is 0 Å². The monoisotopic (exact) mass is 344 g/mol. The molecule has 3 rings (SSSR count). The van der Waals surface area contributed by atoms with Crippen molar-refractivity contribution in [3.63, 3.8) is 0 Å². The molecular weight excluding hydrogens is 324 g/mol. The summed E-state index contributed by atoms with van der Waals surface area (Å²) >= 11 is 1.48. The Hall–Kier alpha value is -2.21. The average Bonchev–Trinajstić information content (AvgIpc) is 2.89. The van der Waals surface area contributed by atoms with E-state index in [9.17, 15) is 9.59 Å². The molecule has 1 aliphatic heterocycles. The molecule has 0 aliphatic carbocycles. The molecule has 24 heavy (non-hydrogen) atoms. The SMILES string of the molecule is CSc1cc2c(OC[C@@H]3C[C@H](C)C(=O)N3)cccc2cc1C(N)=O. The minimum atomic E-state index is -0.435. The molecule has 0 spiro atoms. The van der Waals surface area contributed by atoms with E-state index in [-0.39, 0.29) is 17.9 Å². The van der Waals surface area contributed by atoms with Gasteiger partial charge in [0.2, 0.25) is 11.8 Å². The number of nitrogens with one attached hydrogen (secondary N) is 1. The van der Waals surface area contributed by atoms with Crippen molar-refractivity contribution in [3.8, 4) is 5.75 Å². The Kier molecular flexibility index (Phi) is 4.66. The van der Waals surface area contributed by atoms with Crippen LogP contribution in [0.3, 0.4) is 0 Å². The topological polar surface area (TPSA) is 81.4 Å². The fourth-order valence-corrected chi connectivity index (χ4v) is 3.62. The second-order valence-electron chi connectivity index (χ2n) is 6.05. The van der Waals surface area contributed by atoms with Crippen LogP contribution in [0.25, 0.3) is 10.8 Å². The Bertz CT molecular complexity index is 806. The van der Waals surface area contributed by atoms with Crippen LogP contribution >= 0.6 is 11.8 Å². The third kappa shape index (κ3) is 3.19. The lowest BCUT2D eigenvalue weighted by Gasteiger charge is -2.15. The van der Waals surface area contributed by atoms with Gasteiger partial charge in [0.25, 0.3) is 0 Å². The third-order valence-corrected chi connectivity index (χ3v) is 5.08. The number of hydrogen-bond donors (Lipinski definition) is 2. The predicted molar refractivity (Wildman–Crippen MR) is 95.5 cm³/mol. The lowest BCUT2D eigenvalue weighted by Crippen LogP contribution is -2.31. The van der Waals surface area contributed by atoms with Gasteiger partial charge in [-0.3, -0.25) is 9.59 Å². The van der Waals surface area contributed by atoms with Gasteiger partial charge in [0.15, 0.2) is 0 Å². The Morgan fingerprint density at radius 3 is 2.83 bits per heavy atom. The number of fused-ring (bicyclic) bond motifs is 1. The van der Waals surface area contributed by atoms with Crippen molar-refractivity contribution < 1.29 is 14.3 Å². The van der Waals surface area contributed by atoms with E-state index in [1.54, 1.807) is 6.07 Å². The first-order chi connectivity index (χ1) is 11.5. The van der Waals surface area contributed by atoms with Crippen LogP contribution in [0, 0.1) is 5.92 Å². The summed E-state index contributed by atoms with van der Waals surface area (Å²) in [5.41, 5.74) is 5.98. The molecule has 0 unspecified atom stereocenters. The molecule has 126 valence electrons. The summed E-state index contributed by atoms with van der Waals surface area (Å²) in [7, 11) is 0. The van der Waals surface area contributed by atoms with Gasteiger partial charge in [-0.05, 0) is 36.3 Å². The lowest BCUT2D eigenvalue weighted by molar-refractivity contribution is -0.122. The highest BCUT2D eigenvalue weighted by Gasteiger charge is 2.28. The summed E-state index contributed by atoms with van der Waals surface area (Å²) < 4.78 is 5.96. The number of rotatable bonds is 5. The van der Waals surface area contributed by atoms with E-state index in [1.165, 1.54) is 11.8 Å². The van der Waals surface area contributed by atoms with Gasteiger partial charge >= 0.3 is 0 Å². The van der Waals surface area contributed by atoms with Gasteiger partial charge in [-0.15, -0.1) is 11.8 Å². The highest BCUT2D eigenvalue weighted by molar-refractivity contribution is 7.98. The molecular formula is C18H20N2O3S. The number of hydrogen-bond acceptors (Lipinski definition) is 4. The molecule has 1 saturated heterocycles. The van der Waals surface area contributed by atoms with Crippen molar-refractivity contribution in [1.82, 2.24) is 5.32 Å². The first-order valence-electron chi connectivity index (χ1n) is 7.83. The number of ether oxygens (including phenoxy) is 1. The van der Waals surface area contributed by atoms with Crippen LogP contribution < -0.4 is 15.8 Å². The second kappa shape index (κ2) is 6.73. The maximum absolute atomic E-state index is 11.6. The predicted octanol–water partition coefficient (Wildman–Crippen LogP) is 2.56. The van der Waals surface area contributed by atoms with E-state index in [4.69, 9.17) is 10.5 Å². The van der Waals surface area contributed by atoms with E-state index >= 15 is 0 Å². The fourth-order valence-electron chi connectivity index (χ4n) is 3.00. The number of carbonyl (C=O) groups is 2. The quantitative estimate of drug-likeness (QED) is 0.817. The number of thioether (sulfide) groups is 1. The molecule has 0 bridgehead atoms. The van der Waals surface area contributed by atoms with Crippen LogP contribution in [0.2, 0.25) is 0 Å². The molecule has 2 aromatic carbocycles. The van der Waals surface area contributed by atoms with Crippen molar-refractivity contribution in [1.29, 1.82) is 0 Å². The zero-order valence-electron chi connectivity index (χ0n) is 13.7. The second-order valence-corrected chi connectivity index (χ2v) is 6.90. The fraction of sp³-hybridized carbons (Fsp3) is 0.333. The number of amides is 2. The van der Waals surface area contributed by atoms with Gasteiger partial charge in [-0.1, -0.05) is 19.1 Å². The minimum absolute atomic E-state index is 0.0346. The summed E-state index contributed by atoms with van der Waals surface area (Å²) in [5.74, 6) is 0.424. The molecule has 1 aliphatic rings. The van der Waals surface area contributed by atoms with Gasteiger partial charge in [0, 0.05) is 16.2 Å². The Morgan fingerprint density at radius 1 is 1.42 bits per heavy atom. The smallest absolute Gasteiger partial charge is 0.249 e. The maximum atomic E-state index is 11.6. The molecule has 5 nitrogen and oxygen atoms in total. The molecule has 3 N–H and O–H groups in total. The van der Waals surface area contributed by atoms with Crippen molar-refractivity contribution in [2.24, 2.45) is 11.7 Å². The summed E-state index contributed by atoms with van der Waals surface area (Å²) in [4.78, 5) is 24.0. The minimum Gasteiger partial charge on any atom is -0.491 e. The summed E-state index contributed by atoms with van der Waals surface area (Å²) in [5, 5.41) is 4.78. The van der Waals surface area contributed by atoms with Crippen LogP contribution in [0.15, 0.2) is 35.2 Å². The van der Waals surface area contributed by atoms with Gasteiger partial charge in [0.05, 0.1) is 11.6 Å². The maximum Gasteiger partial charge on any atom is 0.249 e. The van der Waals surface area contributed by atoms with Crippen molar-refractivity contribution >= 4 is 34.3 Å². The standard InChI is InChI=1S/C18H20N2O3S/c1-10-6-12(20-18(10)22)9-23-15-5-3-4-11-7-14(17(19)21)16(24-2)8-13(11)15/h3-5,7-8,10,12H,6,9H2,1-2H3,(H2,19,21)(H,20,22)/t10-,12-/m0/s1. The first kappa shape index (κ1) is 16.6. The van der Waals surface area contributed by atoms with Crippen LogP contribution in [0.4, 0.5) is 0 Å². The van der Waals surface area contributed by atoms with Crippen molar-refractivity contribution in [3.05, 3.63) is 35.9 Å². The van der Waals surface area contributed by atoms with E-state index < -0.39 is 5.91 Å². The van der Waals surface area contributed by atoms with Gasteiger partial charge < -0.3 is 15.8 Å². The largest absolute Gasteiger partial charge is 0.491 e. The normalized spacial score (nSPS) is 20.2. The molecule has 0 saturated carbocycles. The van der Waals surface area contributed by atoms with Gasteiger partial charge in [0.1, 0.15) is 12.4 Å². The van der Waals surface area contributed by atoms with Crippen molar-refractivity contribution in [2.75, 3.05) is 12.9 Å². The number of benzene rings is 2. The highest BCUT2D eigenvalue weighted by atomic mass is 32.2. The third-order valence-electron chi connectivity index (χ3n) is 4.30. The molecule has 2 atom stereocenters. The lowest BCUT2D eigenvalue weighted by atomic mass is 10.1. The van der Waals surface area contributed by atoms with E-state index in [0.717, 1.165) is 27.8 Å². The van der Waals surface area contributed by atoms with Crippen LogP contribution in [-0.4, -0.2) is 30.7 Å². The van der Waals surface area contributed by atoms with Crippen LogP contribution in [-0.2, 0) is 4.79 Å². The van der Waals surface area contributed by atoms with Crippen molar-refractivity contribution in [2.45, 2.75) is 24.3 Å². The Labute approximate surface area is 144 Å². The molecule has 2 aromatic rings. The van der Waals surface area contributed by atoms with E-state index in [1.807, 2.05) is 37.4 Å². The summed E-state index contributed by atoms with van der Waals surface area (Å²) in [6, 6.07) is 9.49.